The van der Waals surface area contributed by atoms with E-state index in [1.54, 1.807) is 0 Å². The molecule has 0 spiro atoms. The lowest BCUT2D eigenvalue weighted by Gasteiger charge is -2.27. The smallest absolute Gasteiger partial charge is 0.306 e. The summed E-state index contributed by atoms with van der Waals surface area (Å²) >= 11 is 0. The molecule has 0 unspecified atom stereocenters. The zero-order valence-electron chi connectivity index (χ0n) is 10.4. The van der Waals surface area contributed by atoms with E-state index in [1.165, 1.54) is 24.3 Å². The van der Waals surface area contributed by atoms with Crippen LogP contribution in [0.5, 0.6) is 0 Å². The molecule has 102 valence electrons. The van der Waals surface area contributed by atoms with Gasteiger partial charge in [0.05, 0.1) is 5.92 Å². The maximum absolute atomic E-state index is 13.0. The minimum absolute atomic E-state index is 0.148. The minimum Gasteiger partial charge on any atom is -0.481 e. The molecule has 19 heavy (non-hydrogen) atoms. The van der Waals surface area contributed by atoms with Gasteiger partial charge in [-0.3, -0.25) is 9.59 Å². The molecule has 0 bridgehead atoms. The van der Waals surface area contributed by atoms with E-state index in [9.17, 15) is 14.0 Å². The van der Waals surface area contributed by atoms with Crippen LogP contribution in [0.2, 0.25) is 0 Å². The van der Waals surface area contributed by atoms with E-state index in [1.807, 2.05) is 0 Å². The number of aliphatic carboxylic acids is 1. The molecule has 1 aromatic rings. The van der Waals surface area contributed by atoms with Gasteiger partial charge < -0.3 is 10.4 Å². The molecule has 2 rings (SSSR count). The molecular weight excluding hydrogens is 249 g/mol. The Bertz CT molecular complexity index is 489. The van der Waals surface area contributed by atoms with Crippen molar-refractivity contribution in [1.82, 2.24) is 5.32 Å². The first-order valence-electron chi connectivity index (χ1n) is 6.35. The second-order valence-corrected chi connectivity index (χ2v) is 4.88. The molecule has 4 nitrogen and oxygen atoms in total. The van der Waals surface area contributed by atoms with E-state index in [4.69, 9.17) is 5.11 Å². The van der Waals surface area contributed by atoms with Crippen LogP contribution in [-0.2, 0) is 4.79 Å². The molecule has 2 atom stereocenters. The Balaban J connectivity index is 1.97. The molecule has 0 radical (unpaired) electrons. The summed E-state index contributed by atoms with van der Waals surface area (Å²) in [7, 11) is 0. The maximum atomic E-state index is 13.0. The van der Waals surface area contributed by atoms with Crippen molar-refractivity contribution in [2.45, 2.75) is 31.7 Å². The van der Waals surface area contributed by atoms with Gasteiger partial charge in [0.1, 0.15) is 5.82 Å². The van der Waals surface area contributed by atoms with Crippen LogP contribution in [0.15, 0.2) is 24.3 Å². The molecule has 1 aliphatic carbocycles. The number of carbonyl (C=O) groups excluding carboxylic acids is 1. The molecule has 1 saturated carbocycles. The molecule has 2 N–H and O–H groups in total. The fourth-order valence-electron chi connectivity index (χ4n) is 2.44. The van der Waals surface area contributed by atoms with Crippen molar-refractivity contribution in [3.8, 4) is 0 Å². The fraction of sp³-hybridized carbons (Fsp3) is 0.429. The quantitative estimate of drug-likeness (QED) is 0.880. The van der Waals surface area contributed by atoms with Crippen LogP contribution in [-0.4, -0.2) is 23.0 Å². The summed E-state index contributed by atoms with van der Waals surface area (Å²) in [6, 6.07) is 5.32. The largest absolute Gasteiger partial charge is 0.481 e. The predicted octanol–water partition coefficient (Wildman–Crippen LogP) is 2.20. The number of rotatable bonds is 3. The number of halogens is 1. The summed E-state index contributed by atoms with van der Waals surface area (Å²) in [6.07, 6.45) is 2.65. The molecule has 1 aliphatic rings. The van der Waals surface area contributed by atoms with Crippen molar-refractivity contribution in [3.63, 3.8) is 0 Å². The van der Waals surface area contributed by atoms with Gasteiger partial charge >= 0.3 is 5.97 Å². The van der Waals surface area contributed by atoms with Crippen molar-refractivity contribution in [2.24, 2.45) is 5.92 Å². The Kier molecular flexibility index (Phi) is 4.14. The van der Waals surface area contributed by atoms with E-state index in [0.29, 0.717) is 12.8 Å². The lowest BCUT2D eigenvalue weighted by molar-refractivity contribution is -0.143. The van der Waals surface area contributed by atoms with Crippen LogP contribution in [0, 0.1) is 11.7 Å². The molecule has 0 heterocycles. The SMILES string of the molecule is O=C(N[C@@H]1CCC[C@@H](C(=O)O)C1)c1cccc(F)c1. The molecule has 0 aromatic heterocycles. The number of carbonyl (C=O) groups is 2. The Hall–Kier alpha value is -1.91. The van der Waals surface area contributed by atoms with E-state index in [2.05, 4.69) is 5.32 Å². The third-order valence-corrected chi connectivity index (χ3v) is 3.45. The monoisotopic (exact) mass is 265 g/mol. The summed E-state index contributed by atoms with van der Waals surface area (Å²) in [5.74, 6) is -2.02. The highest BCUT2D eigenvalue weighted by atomic mass is 19.1. The van der Waals surface area contributed by atoms with Gasteiger partial charge in [-0.05, 0) is 37.5 Å². The Morgan fingerprint density at radius 3 is 2.79 bits per heavy atom. The Morgan fingerprint density at radius 1 is 1.32 bits per heavy atom. The van der Waals surface area contributed by atoms with Crippen molar-refractivity contribution in [1.29, 1.82) is 0 Å². The summed E-state index contributed by atoms with van der Waals surface area (Å²) in [4.78, 5) is 22.9. The summed E-state index contributed by atoms with van der Waals surface area (Å²) in [5.41, 5.74) is 0.262. The van der Waals surface area contributed by atoms with Crippen LogP contribution >= 0.6 is 0 Å². The normalized spacial score (nSPS) is 22.8. The number of carboxylic acid groups (broad SMARTS) is 1. The Labute approximate surface area is 110 Å². The highest BCUT2D eigenvalue weighted by Crippen LogP contribution is 2.24. The number of benzene rings is 1. The molecule has 0 saturated heterocycles. The number of hydrogen-bond acceptors (Lipinski definition) is 2. The standard InChI is InChI=1S/C14H16FNO3/c15-11-5-1-3-9(7-11)13(17)16-12-6-2-4-10(8-12)14(18)19/h1,3,5,7,10,12H,2,4,6,8H2,(H,16,17)(H,18,19)/t10-,12-/m1/s1. The van der Waals surface area contributed by atoms with Gasteiger partial charge in [-0.25, -0.2) is 4.39 Å². The van der Waals surface area contributed by atoms with Crippen LogP contribution in [0.25, 0.3) is 0 Å². The van der Waals surface area contributed by atoms with Gasteiger partial charge in [0.25, 0.3) is 5.91 Å². The van der Waals surface area contributed by atoms with Crippen LogP contribution in [0.4, 0.5) is 4.39 Å². The highest BCUT2D eigenvalue weighted by molar-refractivity contribution is 5.94. The molecule has 1 fully saturated rings. The fourth-order valence-corrected chi connectivity index (χ4v) is 2.44. The molecule has 0 aliphatic heterocycles. The average Bonchev–Trinajstić information content (AvgIpc) is 2.39. The van der Waals surface area contributed by atoms with Crippen molar-refractivity contribution < 1.29 is 19.1 Å². The lowest BCUT2D eigenvalue weighted by atomic mass is 9.85. The second-order valence-electron chi connectivity index (χ2n) is 4.88. The van der Waals surface area contributed by atoms with E-state index in [-0.39, 0.29) is 17.5 Å². The maximum Gasteiger partial charge on any atom is 0.306 e. The predicted molar refractivity (Wildman–Crippen MR) is 67.2 cm³/mol. The lowest BCUT2D eigenvalue weighted by Crippen LogP contribution is -2.39. The number of amides is 1. The first-order valence-corrected chi connectivity index (χ1v) is 6.35. The summed E-state index contributed by atoms with van der Waals surface area (Å²) in [6.45, 7) is 0. The minimum atomic E-state index is -0.815. The zero-order valence-corrected chi connectivity index (χ0v) is 10.4. The van der Waals surface area contributed by atoms with Crippen LogP contribution < -0.4 is 5.32 Å². The van der Waals surface area contributed by atoms with Gasteiger partial charge in [0, 0.05) is 11.6 Å². The number of carboxylic acids is 1. The Morgan fingerprint density at radius 2 is 2.11 bits per heavy atom. The van der Waals surface area contributed by atoms with Crippen molar-refractivity contribution in [3.05, 3.63) is 35.6 Å². The van der Waals surface area contributed by atoms with Gasteiger partial charge in [0.2, 0.25) is 0 Å². The first-order chi connectivity index (χ1) is 9.06. The second kappa shape index (κ2) is 5.82. The molecular formula is C14H16FNO3. The van der Waals surface area contributed by atoms with E-state index in [0.717, 1.165) is 12.8 Å². The third-order valence-electron chi connectivity index (χ3n) is 3.45. The first kappa shape index (κ1) is 13.5. The van der Waals surface area contributed by atoms with Crippen molar-refractivity contribution in [2.75, 3.05) is 0 Å². The third kappa shape index (κ3) is 3.53. The van der Waals surface area contributed by atoms with Crippen LogP contribution in [0.1, 0.15) is 36.0 Å². The molecule has 1 aromatic carbocycles. The van der Waals surface area contributed by atoms with Gasteiger partial charge in [-0.2, -0.15) is 0 Å². The van der Waals surface area contributed by atoms with Crippen LogP contribution in [0.3, 0.4) is 0 Å². The van der Waals surface area contributed by atoms with E-state index < -0.39 is 17.7 Å². The highest BCUT2D eigenvalue weighted by Gasteiger charge is 2.27. The van der Waals surface area contributed by atoms with Gasteiger partial charge in [0.15, 0.2) is 0 Å². The van der Waals surface area contributed by atoms with E-state index >= 15 is 0 Å². The number of hydrogen-bond donors (Lipinski definition) is 2. The average molecular weight is 265 g/mol. The summed E-state index contributed by atoms with van der Waals surface area (Å²) < 4.78 is 13.0. The van der Waals surface area contributed by atoms with Gasteiger partial charge in [-0.1, -0.05) is 12.5 Å². The van der Waals surface area contributed by atoms with Gasteiger partial charge in [-0.15, -0.1) is 0 Å². The van der Waals surface area contributed by atoms with Crippen molar-refractivity contribution >= 4 is 11.9 Å². The topological polar surface area (TPSA) is 66.4 Å². The molecule has 1 amide bonds. The zero-order chi connectivity index (χ0) is 13.8. The molecule has 5 heteroatoms. The summed E-state index contributed by atoms with van der Waals surface area (Å²) in [5, 5.41) is 11.8. The number of nitrogens with one attached hydrogen (secondary N) is 1.